The van der Waals surface area contributed by atoms with Crippen LogP contribution in [0, 0.1) is 3.57 Å². The lowest BCUT2D eigenvalue weighted by Gasteiger charge is -2.13. The predicted molar refractivity (Wildman–Crippen MR) is 115 cm³/mol. The molecule has 0 bridgehead atoms. The molecule has 8 heteroatoms. The number of ether oxygens (including phenoxy) is 2. The molecule has 0 aliphatic heterocycles. The second-order valence-corrected chi connectivity index (χ2v) is 7.46. The monoisotopic (exact) mass is 481 g/mol. The number of aromatic nitrogens is 3. The number of nitrogens with one attached hydrogen (secondary N) is 1. The molecule has 2 aromatic heterocycles. The summed E-state index contributed by atoms with van der Waals surface area (Å²) in [5, 5.41) is 4.43. The van der Waals surface area contributed by atoms with Crippen molar-refractivity contribution in [1.82, 2.24) is 14.5 Å². The maximum absolute atomic E-state index is 6.01. The summed E-state index contributed by atoms with van der Waals surface area (Å²) in [4.78, 5) is 8.99. The topological polar surface area (TPSA) is 87.2 Å². The van der Waals surface area contributed by atoms with Gasteiger partial charge in [-0.1, -0.05) is 0 Å². The molecule has 0 aliphatic carbocycles. The Morgan fingerprint density at radius 2 is 2.00 bits per heavy atom. The van der Waals surface area contributed by atoms with E-state index >= 15 is 0 Å². The quantitative estimate of drug-likeness (QED) is 0.501. The molecule has 144 valence electrons. The largest absolute Gasteiger partial charge is 0.497 e. The van der Waals surface area contributed by atoms with Gasteiger partial charge in [0.05, 0.1) is 19.6 Å². The van der Waals surface area contributed by atoms with Gasteiger partial charge in [0.15, 0.2) is 0 Å². The standard InChI is InChI=1S/C19H24IN5O2/c1-11(2)25-14(8-21)17(20)16-18(23-10-24-19(16)25)22-9-12-5-6-13(26-3)7-15(12)27-4/h5-7,10-11H,8-9,21H2,1-4H3,(H,22,23,24). The van der Waals surface area contributed by atoms with Crippen LogP contribution in [0.15, 0.2) is 24.5 Å². The Morgan fingerprint density at radius 3 is 2.63 bits per heavy atom. The van der Waals surface area contributed by atoms with Gasteiger partial charge in [0.25, 0.3) is 0 Å². The predicted octanol–water partition coefficient (Wildman–Crippen LogP) is 3.70. The molecule has 3 rings (SSSR count). The number of nitrogens with two attached hydrogens (primary N) is 1. The summed E-state index contributed by atoms with van der Waals surface area (Å²) < 4.78 is 14.0. The van der Waals surface area contributed by atoms with Crippen LogP contribution in [-0.4, -0.2) is 28.8 Å². The van der Waals surface area contributed by atoms with Gasteiger partial charge in [-0.25, -0.2) is 9.97 Å². The second-order valence-electron chi connectivity index (χ2n) is 6.38. The van der Waals surface area contributed by atoms with Crippen LogP contribution in [0.25, 0.3) is 11.0 Å². The number of nitrogens with zero attached hydrogens (tertiary/aromatic N) is 3. The van der Waals surface area contributed by atoms with E-state index < -0.39 is 0 Å². The zero-order valence-corrected chi connectivity index (χ0v) is 18.1. The van der Waals surface area contributed by atoms with E-state index in [1.54, 1.807) is 20.5 Å². The number of hydrogen-bond donors (Lipinski definition) is 2. The van der Waals surface area contributed by atoms with Gasteiger partial charge in [-0.05, 0) is 48.6 Å². The maximum Gasteiger partial charge on any atom is 0.147 e. The molecule has 1 aromatic carbocycles. The lowest BCUT2D eigenvalue weighted by molar-refractivity contribution is 0.391. The summed E-state index contributed by atoms with van der Waals surface area (Å²) in [5.41, 5.74) is 9.00. The highest BCUT2D eigenvalue weighted by Crippen LogP contribution is 2.33. The third kappa shape index (κ3) is 3.68. The maximum atomic E-state index is 6.01. The van der Waals surface area contributed by atoms with Crippen molar-refractivity contribution >= 4 is 39.4 Å². The lowest BCUT2D eigenvalue weighted by atomic mass is 10.2. The van der Waals surface area contributed by atoms with Crippen molar-refractivity contribution in [2.45, 2.75) is 33.0 Å². The Balaban J connectivity index is 1.99. The third-order valence-corrected chi connectivity index (χ3v) is 5.63. The second kappa shape index (κ2) is 8.30. The summed E-state index contributed by atoms with van der Waals surface area (Å²) >= 11 is 2.33. The van der Waals surface area contributed by atoms with Crippen molar-refractivity contribution in [3.05, 3.63) is 39.4 Å². The van der Waals surface area contributed by atoms with Crippen molar-refractivity contribution in [3.63, 3.8) is 0 Å². The molecule has 0 spiro atoms. The molecule has 7 nitrogen and oxygen atoms in total. The average Bonchev–Trinajstić information content (AvgIpc) is 2.98. The van der Waals surface area contributed by atoms with Gasteiger partial charge >= 0.3 is 0 Å². The zero-order chi connectivity index (χ0) is 19.6. The van der Waals surface area contributed by atoms with E-state index in [9.17, 15) is 0 Å². The van der Waals surface area contributed by atoms with Crippen LogP contribution in [0.3, 0.4) is 0 Å². The van der Waals surface area contributed by atoms with Crippen LogP contribution >= 0.6 is 22.6 Å². The van der Waals surface area contributed by atoms with Crippen LogP contribution in [0.1, 0.15) is 31.1 Å². The molecule has 0 atom stereocenters. The molecule has 3 aromatic rings. The van der Waals surface area contributed by atoms with Gasteiger partial charge in [-0.15, -0.1) is 0 Å². The minimum Gasteiger partial charge on any atom is -0.497 e. The summed E-state index contributed by atoms with van der Waals surface area (Å²) in [6.45, 7) is 5.29. The molecule has 0 saturated carbocycles. The van der Waals surface area contributed by atoms with Crippen molar-refractivity contribution in [1.29, 1.82) is 0 Å². The Kier molecular flexibility index (Phi) is 6.05. The molecular weight excluding hydrogens is 457 g/mol. The van der Waals surface area contributed by atoms with E-state index in [1.165, 1.54) is 0 Å². The van der Waals surface area contributed by atoms with E-state index in [2.05, 4.69) is 56.3 Å². The number of hydrogen-bond acceptors (Lipinski definition) is 6. The van der Waals surface area contributed by atoms with E-state index in [-0.39, 0.29) is 6.04 Å². The number of anilines is 1. The molecule has 0 amide bonds. The fourth-order valence-electron chi connectivity index (χ4n) is 3.19. The van der Waals surface area contributed by atoms with Crippen LogP contribution < -0.4 is 20.5 Å². The molecule has 0 unspecified atom stereocenters. The minimum atomic E-state index is 0.263. The van der Waals surface area contributed by atoms with E-state index in [1.807, 2.05) is 18.2 Å². The number of methoxy groups -OCH3 is 2. The molecule has 0 fully saturated rings. The first-order valence-corrected chi connectivity index (χ1v) is 9.77. The Morgan fingerprint density at radius 1 is 1.22 bits per heavy atom. The van der Waals surface area contributed by atoms with Gasteiger partial charge in [0.1, 0.15) is 29.3 Å². The van der Waals surface area contributed by atoms with E-state index in [0.29, 0.717) is 13.1 Å². The molecule has 3 N–H and O–H groups in total. The van der Waals surface area contributed by atoms with Crippen LogP contribution in [0.5, 0.6) is 11.5 Å². The molecule has 0 saturated heterocycles. The van der Waals surface area contributed by atoms with Crippen molar-refractivity contribution in [2.75, 3.05) is 19.5 Å². The normalized spacial score (nSPS) is 11.2. The highest BCUT2D eigenvalue weighted by atomic mass is 127. The zero-order valence-electron chi connectivity index (χ0n) is 15.9. The lowest BCUT2D eigenvalue weighted by Crippen LogP contribution is -2.10. The van der Waals surface area contributed by atoms with E-state index in [0.717, 1.165) is 43.2 Å². The molecule has 27 heavy (non-hydrogen) atoms. The smallest absolute Gasteiger partial charge is 0.147 e. The fraction of sp³-hybridized carbons (Fsp3) is 0.368. The first-order chi connectivity index (χ1) is 13.0. The van der Waals surface area contributed by atoms with Gasteiger partial charge in [-0.3, -0.25) is 0 Å². The summed E-state index contributed by atoms with van der Waals surface area (Å²) in [5.74, 6) is 2.32. The first-order valence-electron chi connectivity index (χ1n) is 8.69. The molecule has 2 heterocycles. The highest BCUT2D eigenvalue weighted by molar-refractivity contribution is 14.1. The minimum absolute atomic E-state index is 0.263. The number of rotatable bonds is 7. The number of fused-ring (bicyclic) bond motifs is 1. The van der Waals surface area contributed by atoms with Crippen LogP contribution in [0.2, 0.25) is 0 Å². The summed E-state index contributed by atoms with van der Waals surface area (Å²) in [7, 11) is 3.29. The van der Waals surface area contributed by atoms with Gasteiger partial charge in [-0.2, -0.15) is 0 Å². The summed E-state index contributed by atoms with van der Waals surface area (Å²) in [6, 6.07) is 6.04. The molecule has 0 aliphatic rings. The molecular formula is C19H24IN5O2. The van der Waals surface area contributed by atoms with E-state index in [4.69, 9.17) is 15.2 Å². The van der Waals surface area contributed by atoms with Crippen molar-refractivity contribution in [3.8, 4) is 11.5 Å². The average molecular weight is 481 g/mol. The number of halogens is 1. The van der Waals surface area contributed by atoms with Crippen molar-refractivity contribution < 1.29 is 9.47 Å². The van der Waals surface area contributed by atoms with Gasteiger partial charge in [0.2, 0.25) is 0 Å². The van der Waals surface area contributed by atoms with Gasteiger partial charge in [0, 0.05) is 40.0 Å². The van der Waals surface area contributed by atoms with Crippen molar-refractivity contribution in [2.24, 2.45) is 5.73 Å². The van der Waals surface area contributed by atoms with Crippen LogP contribution in [-0.2, 0) is 13.1 Å². The SMILES string of the molecule is COc1ccc(CNc2ncnc3c2c(I)c(CN)n3C(C)C)c(OC)c1. The summed E-state index contributed by atoms with van der Waals surface area (Å²) in [6.07, 6.45) is 1.59. The number of benzene rings is 1. The molecule has 0 radical (unpaired) electrons. The Labute approximate surface area is 172 Å². The third-order valence-electron chi connectivity index (χ3n) is 4.47. The van der Waals surface area contributed by atoms with Crippen LogP contribution in [0.4, 0.5) is 5.82 Å². The fourth-order valence-corrected chi connectivity index (χ4v) is 4.17. The Hall–Kier alpha value is -2.07. The van der Waals surface area contributed by atoms with Gasteiger partial charge < -0.3 is 25.1 Å². The first kappa shape index (κ1) is 19.7. The Bertz CT molecular complexity index is 955. The highest BCUT2D eigenvalue weighted by Gasteiger charge is 2.20.